The van der Waals surface area contributed by atoms with Crippen molar-refractivity contribution in [1.82, 2.24) is 4.90 Å². The first-order valence-electron chi connectivity index (χ1n) is 7.69. The van der Waals surface area contributed by atoms with Gasteiger partial charge in [-0.25, -0.2) is 0 Å². The quantitative estimate of drug-likeness (QED) is 0.837. The highest BCUT2D eigenvalue weighted by Gasteiger charge is 2.17. The molecule has 0 radical (unpaired) electrons. The second-order valence-electron chi connectivity index (χ2n) is 5.94. The van der Waals surface area contributed by atoms with Crippen LogP contribution < -0.4 is 4.74 Å². The SMILES string of the molecule is CC(C)COc1cccc(C(=O)N2CCCCCC2)c1. The first-order chi connectivity index (χ1) is 9.66. The van der Waals surface area contributed by atoms with Crippen molar-refractivity contribution in [1.29, 1.82) is 0 Å². The van der Waals surface area contributed by atoms with Gasteiger partial charge < -0.3 is 9.64 Å². The van der Waals surface area contributed by atoms with Crippen LogP contribution in [0.1, 0.15) is 49.9 Å². The van der Waals surface area contributed by atoms with Crippen LogP contribution in [-0.4, -0.2) is 30.5 Å². The van der Waals surface area contributed by atoms with Crippen LogP contribution in [0.5, 0.6) is 5.75 Å². The van der Waals surface area contributed by atoms with Gasteiger partial charge in [0.1, 0.15) is 5.75 Å². The molecule has 1 aliphatic rings. The summed E-state index contributed by atoms with van der Waals surface area (Å²) in [7, 11) is 0. The Bertz CT molecular complexity index is 434. The van der Waals surface area contributed by atoms with Crippen LogP contribution in [0.4, 0.5) is 0 Å². The maximum absolute atomic E-state index is 12.5. The van der Waals surface area contributed by atoms with E-state index < -0.39 is 0 Å². The summed E-state index contributed by atoms with van der Waals surface area (Å²) >= 11 is 0. The Kier molecular flexibility index (Phi) is 5.45. The van der Waals surface area contributed by atoms with Gasteiger partial charge in [0.25, 0.3) is 5.91 Å². The average molecular weight is 275 g/mol. The van der Waals surface area contributed by atoms with Crippen molar-refractivity contribution in [2.45, 2.75) is 39.5 Å². The minimum Gasteiger partial charge on any atom is -0.493 e. The van der Waals surface area contributed by atoms with E-state index in [1.165, 1.54) is 12.8 Å². The molecule has 1 saturated heterocycles. The predicted molar refractivity (Wildman–Crippen MR) is 81.1 cm³/mol. The molecule has 1 heterocycles. The Morgan fingerprint density at radius 3 is 2.55 bits per heavy atom. The number of nitrogens with zero attached hydrogens (tertiary/aromatic N) is 1. The van der Waals surface area contributed by atoms with Crippen molar-refractivity contribution in [3.8, 4) is 5.75 Å². The fraction of sp³-hybridized carbons (Fsp3) is 0.588. The number of benzene rings is 1. The van der Waals surface area contributed by atoms with Gasteiger partial charge in [0.05, 0.1) is 6.61 Å². The monoisotopic (exact) mass is 275 g/mol. The lowest BCUT2D eigenvalue weighted by atomic mass is 10.1. The number of carbonyl (C=O) groups is 1. The smallest absolute Gasteiger partial charge is 0.253 e. The van der Waals surface area contributed by atoms with E-state index in [1.807, 2.05) is 29.2 Å². The van der Waals surface area contributed by atoms with E-state index in [9.17, 15) is 4.79 Å². The minimum absolute atomic E-state index is 0.141. The molecule has 1 amide bonds. The first-order valence-corrected chi connectivity index (χ1v) is 7.69. The van der Waals surface area contributed by atoms with Gasteiger partial charge in [-0.2, -0.15) is 0 Å². The molecule has 0 N–H and O–H groups in total. The summed E-state index contributed by atoms with van der Waals surface area (Å²) in [6.45, 7) is 6.69. The molecular formula is C17H25NO2. The molecule has 0 bridgehead atoms. The van der Waals surface area contributed by atoms with Crippen LogP contribution in [0.25, 0.3) is 0 Å². The summed E-state index contributed by atoms with van der Waals surface area (Å²) in [4.78, 5) is 14.5. The molecule has 0 aliphatic carbocycles. The van der Waals surface area contributed by atoms with Crippen molar-refractivity contribution < 1.29 is 9.53 Å². The Morgan fingerprint density at radius 1 is 1.20 bits per heavy atom. The zero-order chi connectivity index (χ0) is 14.4. The van der Waals surface area contributed by atoms with E-state index in [4.69, 9.17) is 4.74 Å². The van der Waals surface area contributed by atoms with Crippen LogP contribution in [0.15, 0.2) is 24.3 Å². The number of ether oxygens (including phenoxy) is 1. The highest BCUT2D eigenvalue weighted by Crippen LogP contribution is 2.18. The molecule has 1 fully saturated rings. The van der Waals surface area contributed by atoms with Crippen molar-refractivity contribution in [2.24, 2.45) is 5.92 Å². The van der Waals surface area contributed by atoms with Crippen molar-refractivity contribution >= 4 is 5.91 Å². The molecule has 0 spiro atoms. The zero-order valence-electron chi connectivity index (χ0n) is 12.6. The first kappa shape index (κ1) is 14.9. The second kappa shape index (κ2) is 7.32. The summed E-state index contributed by atoms with van der Waals surface area (Å²) in [6, 6.07) is 7.58. The molecule has 1 aliphatic heterocycles. The molecule has 0 unspecified atom stereocenters. The lowest BCUT2D eigenvalue weighted by Crippen LogP contribution is -2.31. The molecule has 3 heteroatoms. The number of rotatable bonds is 4. The van der Waals surface area contributed by atoms with Gasteiger partial charge in [-0.3, -0.25) is 4.79 Å². The third-order valence-corrected chi connectivity index (χ3v) is 3.56. The van der Waals surface area contributed by atoms with Gasteiger partial charge in [-0.1, -0.05) is 32.8 Å². The van der Waals surface area contributed by atoms with Gasteiger partial charge >= 0.3 is 0 Å². The van der Waals surface area contributed by atoms with Gasteiger partial charge in [0.2, 0.25) is 0 Å². The maximum atomic E-state index is 12.5. The van der Waals surface area contributed by atoms with Crippen LogP contribution in [0.3, 0.4) is 0 Å². The Labute approximate surface area is 121 Å². The summed E-state index contributed by atoms with van der Waals surface area (Å²) in [5.41, 5.74) is 0.744. The third-order valence-electron chi connectivity index (χ3n) is 3.56. The Morgan fingerprint density at radius 2 is 1.90 bits per heavy atom. The normalized spacial score (nSPS) is 16.1. The van der Waals surface area contributed by atoms with Crippen LogP contribution >= 0.6 is 0 Å². The van der Waals surface area contributed by atoms with Crippen LogP contribution in [0, 0.1) is 5.92 Å². The number of amides is 1. The molecule has 0 aromatic heterocycles. The zero-order valence-corrected chi connectivity index (χ0v) is 12.6. The predicted octanol–water partition coefficient (Wildman–Crippen LogP) is 3.74. The van der Waals surface area contributed by atoms with Gasteiger partial charge in [-0.05, 0) is 37.0 Å². The van der Waals surface area contributed by atoms with Gasteiger partial charge in [0, 0.05) is 18.7 Å². The Balaban J connectivity index is 2.03. The molecule has 1 aromatic rings. The lowest BCUT2D eigenvalue weighted by molar-refractivity contribution is 0.0761. The molecule has 3 nitrogen and oxygen atoms in total. The van der Waals surface area contributed by atoms with Crippen molar-refractivity contribution in [3.63, 3.8) is 0 Å². The highest BCUT2D eigenvalue weighted by molar-refractivity contribution is 5.94. The van der Waals surface area contributed by atoms with E-state index in [0.29, 0.717) is 12.5 Å². The van der Waals surface area contributed by atoms with Crippen molar-refractivity contribution in [2.75, 3.05) is 19.7 Å². The summed E-state index contributed by atoms with van der Waals surface area (Å²) in [5, 5.41) is 0. The third kappa shape index (κ3) is 4.26. The summed E-state index contributed by atoms with van der Waals surface area (Å²) in [6.07, 6.45) is 4.72. The second-order valence-corrected chi connectivity index (χ2v) is 5.94. The van der Waals surface area contributed by atoms with Crippen LogP contribution in [0.2, 0.25) is 0 Å². The summed E-state index contributed by atoms with van der Waals surface area (Å²) in [5.74, 6) is 1.42. The van der Waals surface area contributed by atoms with E-state index in [2.05, 4.69) is 13.8 Å². The molecule has 20 heavy (non-hydrogen) atoms. The molecule has 1 aromatic carbocycles. The fourth-order valence-corrected chi connectivity index (χ4v) is 2.44. The molecule has 0 atom stereocenters. The Hall–Kier alpha value is -1.51. The van der Waals surface area contributed by atoms with E-state index in [-0.39, 0.29) is 5.91 Å². The molecule has 110 valence electrons. The minimum atomic E-state index is 0.141. The van der Waals surface area contributed by atoms with E-state index in [0.717, 1.165) is 37.2 Å². The van der Waals surface area contributed by atoms with Crippen molar-refractivity contribution in [3.05, 3.63) is 29.8 Å². The highest BCUT2D eigenvalue weighted by atomic mass is 16.5. The standard InChI is InChI=1S/C17H25NO2/c1-14(2)13-20-16-9-7-8-15(12-16)17(19)18-10-5-3-4-6-11-18/h7-9,12,14H,3-6,10-11,13H2,1-2H3. The lowest BCUT2D eigenvalue weighted by Gasteiger charge is -2.20. The molecular weight excluding hydrogens is 250 g/mol. The number of hydrogen-bond donors (Lipinski definition) is 0. The molecule has 0 saturated carbocycles. The maximum Gasteiger partial charge on any atom is 0.253 e. The fourth-order valence-electron chi connectivity index (χ4n) is 2.44. The van der Waals surface area contributed by atoms with E-state index >= 15 is 0 Å². The number of likely N-dealkylation sites (tertiary alicyclic amines) is 1. The molecule has 2 rings (SSSR count). The van der Waals surface area contributed by atoms with Crippen LogP contribution in [-0.2, 0) is 0 Å². The largest absolute Gasteiger partial charge is 0.493 e. The van der Waals surface area contributed by atoms with E-state index in [1.54, 1.807) is 0 Å². The average Bonchev–Trinajstić information content (AvgIpc) is 2.73. The number of hydrogen-bond acceptors (Lipinski definition) is 2. The topological polar surface area (TPSA) is 29.5 Å². The van der Waals surface area contributed by atoms with Gasteiger partial charge in [0.15, 0.2) is 0 Å². The number of carbonyl (C=O) groups excluding carboxylic acids is 1. The van der Waals surface area contributed by atoms with Gasteiger partial charge in [-0.15, -0.1) is 0 Å². The summed E-state index contributed by atoms with van der Waals surface area (Å²) < 4.78 is 5.70.